The molecule has 0 saturated carbocycles. The van der Waals surface area contributed by atoms with Crippen LogP contribution in [0.5, 0.6) is 5.75 Å². The minimum absolute atomic E-state index is 0.0780. The average Bonchev–Trinajstić information content (AvgIpc) is 2.83. The fourth-order valence-corrected chi connectivity index (χ4v) is 4.23. The summed E-state index contributed by atoms with van der Waals surface area (Å²) < 4.78 is 5.87. The quantitative estimate of drug-likeness (QED) is 0.502. The van der Waals surface area contributed by atoms with Gasteiger partial charge in [0.15, 0.2) is 0 Å². The van der Waals surface area contributed by atoms with E-state index in [-0.39, 0.29) is 11.9 Å². The minimum atomic E-state index is -0.100. The second-order valence-corrected chi connectivity index (χ2v) is 8.78. The molecule has 32 heavy (non-hydrogen) atoms. The number of carbonyl (C=O) groups excluding carboxylic acids is 1. The van der Waals surface area contributed by atoms with Gasteiger partial charge in [0.05, 0.1) is 6.04 Å². The normalized spacial score (nSPS) is 16.9. The van der Waals surface area contributed by atoms with Crippen molar-refractivity contribution in [2.24, 2.45) is 5.92 Å². The molecular weight excluding hydrogens is 396 g/mol. The molecule has 4 rings (SSSR count). The predicted octanol–water partition coefficient (Wildman–Crippen LogP) is 5.99. The lowest BCUT2D eigenvalue weighted by Gasteiger charge is -2.33. The van der Waals surface area contributed by atoms with Crippen molar-refractivity contribution in [2.45, 2.75) is 39.3 Å². The number of nitrogens with one attached hydrogen (secondary N) is 1. The van der Waals surface area contributed by atoms with Gasteiger partial charge in [-0.15, -0.1) is 0 Å². The Kier molecular flexibility index (Phi) is 7.10. The summed E-state index contributed by atoms with van der Waals surface area (Å²) in [6.45, 7) is 7.06. The van der Waals surface area contributed by atoms with Crippen LogP contribution in [0.15, 0.2) is 78.9 Å². The molecule has 2 atom stereocenters. The highest BCUT2D eigenvalue weighted by atomic mass is 16.5. The van der Waals surface area contributed by atoms with E-state index in [2.05, 4.69) is 41.4 Å². The van der Waals surface area contributed by atoms with Crippen LogP contribution in [-0.2, 0) is 6.61 Å². The number of anilines is 1. The summed E-state index contributed by atoms with van der Waals surface area (Å²) in [7, 11) is 0. The standard InChI is InChI=1S/C28H32N2O2/c1-21-8-7-17-30(19-21)26-15-13-24(14-16-26)22(2)29-28(31)25-11-6-12-27(18-25)32-20-23-9-4-3-5-10-23/h3-6,9-16,18,21-22H,7-8,17,19-20H2,1-2H3,(H,29,31)/t21-,22+/m1/s1. The first kappa shape index (κ1) is 21.9. The molecule has 1 saturated heterocycles. The molecule has 1 amide bonds. The smallest absolute Gasteiger partial charge is 0.251 e. The lowest BCUT2D eigenvalue weighted by molar-refractivity contribution is 0.0939. The third-order valence-corrected chi connectivity index (χ3v) is 6.11. The fraction of sp³-hybridized carbons (Fsp3) is 0.321. The van der Waals surface area contributed by atoms with Gasteiger partial charge in [0.2, 0.25) is 0 Å². The van der Waals surface area contributed by atoms with Crippen molar-refractivity contribution in [3.05, 3.63) is 95.6 Å². The Morgan fingerprint density at radius 1 is 1.06 bits per heavy atom. The number of benzene rings is 3. The summed E-state index contributed by atoms with van der Waals surface area (Å²) in [5, 5.41) is 3.11. The van der Waals surface area contributed by atoms with Crippen LogP contribution in [0, 0.1) is 5.92 Å². The van der Waals surface area contributed by atoms with Crippen molar-refractivity contribution in [3.8, 4) is 5.75 Å². The summed E-state index contributed by atoms with van der Waals surface area (Å²) in [5.74, 6) is 1.33. The number of piperidine rings is 1. The molecule has 0 spiro atoms. The molecule has 0 radical (unpaired) electrons. The maximum Gasteiger partial charge on any atom is 0.251 e. The van der Waals surface area contributed by atoms with Crippen molar-refractivity contribution >= 4 is 11.6 Å². The van der Waals surface area contributed by atoms with Gasteiger partial charge in [-0.2, -0.15) is 0 Å². The van der Waals surface area contributed by atoms with E-state index in [9.17, 15) is 4.79 Å². The lowest BCUT2D eigenvalue weighted by Crippen LogP contribution is -2.34. The summed E-state index contributed by atoms with van der Waals surface area (Å²) in [4.78, 5) is 15.3. The summed E-state index contributed by atoms with van der Waals surface area (Å²) in [6, 6.07) is 25.9. The summed E-state index contributed by atoms with van der Waals surface area (Å²) in [6.07, 6.45) is 2.57. The molecule has 0 aliphatic carbocycles. The highest BCUT2D eigenvalue weighted by Crippen LogP contribution is 2.25. The molecule has 1 heterocycles. The van der Waals surface area contributed by atoms with E-state index in [1.165, 1.54) is 18.5 Å². The molecule has 1 fully saturated rings. The summed E-state index contributed by atoms with van der Waals surface area (Å²) in [5.41, 5.74) is 4.06. The maximum absolute atomic E-state index is 12.8. The number of amides is 1. The van der Waals surface area contributed by atoms with E-state index in [1.54, 1.807) is 6.07 Å². The molecule has 4 heteroatoms. The molecule has 4 nitrogen and oxygen atoms in total. The van der Waals surface area contributed by atoms with Gasteiger partial charge < -0.3 is 15.0 Å². The monoisotopic (exact) mass is 428 g/mol. The summed E-state index contributed by atoms with van der Waals surface area (Å²) >= 11 is 0. The van der Waals surface area contributed by atoms with E-state index in [1.807, 2.05) is 55.5 Å². The van der Waals surface area contributed by atoms with Crippen LogP contribution >= 0.6 is 0 Å². The zero-order valence-electron chi connectivity index (χ0n) is 19.0. The molecule has 3 aromatic carbocycles. The third kappa shape index (κ3) is 5.70. The molecule has 1 aliphatic heterocycles. The van der Waals surface area contributed by atoms with Crippen LogP contribution in [0.3, 0.4) is 0 Å². The van der Waals surface area contributed by atoms with Crippen LogP contribution < -0.4 is 15.0 Å². The van der Waals surface area contributed by atoms with Crippen LogP contribution in [0.1, 0.15) is 54.2 Å². The molecule has 1 N–H and O–H groups in total. The van der Waals surface area contributed by atoms with Crippen LogP contribution in [0.2, 0.25) is 0 Å². The Bertz CT molecular complexity index is 1020. The minimum Gasteiger partial charge on any atom is -0.489 e. The van der Waals surface area contributed by atoms with Crippen molar-refractivity contribution in [2.75, 3.05) is 18.0 Å². The second kappa shape index (κ2) is 10.4. The number of hydrogen-bond acceptors (Lipinski definition) is 3. The highest BCUT2D eigenvalue weighted by Gasteiger charge is 2.17. The fourth-order valence-electron chi connectivity index (χ4n) is 4.23. The van der Waals surface area contributed by atoms with Gasteiger partial charge in [0, 0.05) is 24.3 Å². The molecule has 166 valence electrons. The highest BCUT2D eigenvalue weighted by molar-refractivity contribution is 5.94. The van der Waals surface area contributed by atoms with Gasteiger partial charge in [-0.3, -0.25) is 4.79 Å². The number of carbonyl (C=O) groups is 1. The third-order valence-electron chi connectivity index (χ3n) is 6.11. The second-order valence-electron chi connectivity index (χ2n) is 8.78. The number of hydrogen-bond donors (Lipinski definition) is 1. The van der Waals surface area contributed by atoms with Crippen LogP contribution in [-0.4, -0.2) is 19.0 Å². The maximum atomic E-state index is 12.8. The van der Waals surface area contributed by atoms with E-state index in [0.29, 0.717) is 17.9 Å². The predicted molar refractivity (Wildman–Crippen MR) is 130 cm³/mol. The molecule has 3 aromatic rings. The Hall–Kier alpha value is -3.27. The van der Waals surface area contributed by atoms with Gasteiger partial charge in [-0.05, 0) is 67.1 Å². The topological polar surface area (TPSA) is 41.6 Å². The molecule has 0 unspecified atom stereocenters. The van der Waals surface area contributed by atoms with Crippen molar-refractivity contribution in [1.29, 1.82) is 0 Å². The van der Waals surface area contributed by atoms with Gasteiger partial charge in [-0.1, -0.05) is 55.5 Å². The van der Waals surface area contributed by atoms with Crippen LogP contribution in [0.25, 0.3) is 0 Å². The van der Waals surface area contributed by atoms with Gasteiger partial charge >= 0.3 is 0 Å². The number of ether oxygens (including phenoxy) is 1. The SMILES string of the molecule is C[C@@H]1CCCN(c2ccc([C@H](C)NC(=O)c3cccc(OCc4ccccc4)c3)cc2)C1. The Morgan fingerprint density at radius 3 is 2.59 bits per heavy atom. The first-order valence-corrected chi connectivity index (χ1v) is 11.5. The Balaban J connectivity index is 1.35. The Morgan fingerprint density at radius 2 is 1.84 bits per heavy atom. The van der Waals surface area contributed by atoms with Crippen molar-refractivity contribution in [1.82, 2.24) is 5.32 Å². The van der Waals surface area contributed by atoms with E-state index >= 15 is 0 Å². The van der Waals surface area contributed by atoms with Crippen LogP contribution in [0.4, 0.5) is 5.69 Å². The van der Waals surface area contributed by atoms with Gasteiger partial charge in [0.1, 0.15) is 12.4 Å². The van der Waals surface area contributed by atoms with Gasteiger partial charge in [0.25, 0.3) is 5.91 Å². The largest absolute Gasteiger partial charge is 0.489 e. The zero-order valence-corrected chi connectivity index (χ0v) is 19.0. The molecule has 0 bridgehead atoms. The number of nitrogens with zero attached hydrogens (tertiary/aromatic N) is 1. The van der Waals surface area contributed by atoms with Crippen molar-refractivity contribution in [3.63, 3.8) is 0 Å². The Labute approximate surface area is 191 Å². The number of rotatable bonds is 7. The first-order chi connectivity index (χ1) is 15.6. The molecular formula is C28H32N2O2. The first-order valence-electron chi connectivity index (χ1n) is 11.5. The van der Waals surface area contributed by atoms with E-state index in [4.69, 9.17) is 4.74 Å². The molecule has 1 aliphatic rings. The van der Waals surface area contributed by atoms with Gasteiger partial charge in [-0.25, -0.2) is 0 Å². The van der Waals surface area contributed by atoms with E-state index < -0.39 is 0 Å². The van der Waals surface area contributed by atoms with Crippen molar-refractivity contribution < 1.29 is 9.53 Å². The average molecular weight is 429 g/mol. The zero-order chi connectivity index (χ0) is 22.3. The lowest BCUT2D eigenvalue weighted by atomic mass is 9.99. The van der Waals surface area contributed by atoms with E-state index in [0.717, 1.165) is 30.1 Å². The molecule has 0 aromatic heterocycles.